The topological polar surface area (TPSA) is 40.5 Å². The fourth-order valence-corrected chi connectivity index (χ4v) is 2.99. The molecule has 1 aliphatic rings. The average Bonchev–Trinajstić information content (AvgIpc) is 2.42. The number of hydrogen-bond acceptors (Lipinski definition) is 3. The summed E-state index contributed by atoms with van der Waals surface area (Å²) in [7, 11) is 0. The van der Waals surface area contributed by atoms with E-state index in [1.165, 1.54) is 4.90 Å². The molecule has 0 aromatic heterocycles. The zero-order chi connectivity index (χ0) is 13.8. The Hall–Kier alpha value is -1.00. The summed E-state index contributed by atoms with van der Waals surface area (Å²) < 4.78 is 0. The highest BCUT2D eigenvalue weighted by Gasteiger charge is 2.29. The van der Waals surface area contributed by atoms with E-state index in [1.807, 2.05) is 30.5 Å². The van der Waals surface area contributed by atoms with Crippen molar-refractivity contribution in [1.29, 1.82) is 0 Å². The standard InChI is InChI=1S/C15H21NO2S/c1-11-7-9-16(10-8-11)14(15(17)18)12-3-5-13(19-2)6-4-12/h3-6,11,14H,7-10H2,1-2H3,(H,17,18). The lowest BCUT2D eigenvalue weighted by atomic mass is 9.96. The van der Waals surface area contributed by atoms with Gasteiger partial charge in [-0.1, -0.05) is 19.1 Å². The van der Waals surface area contributed by atoms with Crippen molar-refractivity contribution >= 4 is 17.7 Å². The first-order chi connectivity index (χ1) is 9.11. The molecule has 1 unspecified atom stereocenters. The molecule has 104 valence electrons. The maximum absolute atomic E-state index is 11.6. The van der Waals surface area contributed by atoms with Gasteiger partial charge in [0, 0.05) is 4.90 Å². The predicted molar refractivity (Wildman–Crippen MR) is 78.6 cm³/mol. The lowest BCUT2D eigenvalue weighted by Crippen LogP contribution is -2.39. The average molecular weight is 279 g/mol. The number of carboxylic acid groups (broad SMARTS) is 1. The number of carboxylic acids is 1. The third-order valence-electron chi connectivity index (χ3n) is 3.85. The highest BCUT2D eigenvalue weighted by Crippen LogP contribution is 2.28. The SMILES string of the molecule is CSc1ccc(C(C(=O)O)N2CCC(C)CC2)cc1. The lowest BCUT2D eigenvalue weighted by Gasteiger charge is -2.34. The van der Waals surface area contributed by atoms with E-state index in [1.54, 1.807) is 11.8 Å². The fourth-order valence-electron chi connectivity index (χ4n) is 2.58. The van der Waals surface area contributed by atoms with Gasteiger partial charge in [0.2, 0.25) is 0 Å². The molecule has 4 heteroatoms. The Morgan fingerprint density at radius 1 is 1.32 bits per heavy atom. The number of aliphatic carboxylic acids is 1. The van der Waals surface area contributed by atoms with Crippen LogP contribution in [0.1, 0.15) is 31.4 Å². The Labute approximate surface area is 119 Å². The normalized spacial score (nSPS) is 19.3. The van der Waals surface area contributed by atoms with Gasteiger partial charge in [0.15, 0.2) is 0 Å². The van der Waals surface area contributed by atoms with Crippen LogP contribution in [0.4, 0.5) is 0 Å². The van der Waals surface area contributed by atoms with Gasteiger partial charge in [0.1, 0.15) is 6.04 Å². The molecule has 3 nitrogen and oxygen atoms in total. The molecule has 0 bridgehead atoms. The molecule has 2 rings (SSSR count). The Morgan fingerprint density at radius 3 is 2.37 bits per heavy atom. The van der Waals surface area contributed by atoms with E-state index in [9.17, 15) is 9.90 Å². The summed E-state index contributed by atoms with van der Waals surface area (Å²) >= 11 is 1.67. The number of piperidine rings is 1. The third-order valence-corrected chi connectivity index (χ3v) is 4.59. The van der Waals surface area contributed by atoms with Crippen molar-refractivity contribution in [1.82, 2.24) is 4.90 Å². The largest absolute Gasteiger partial charge is 0.480 e. The van der Waals surface area contributed by atoms with E-state index >= 15 is 0 Å². The molecule has 0 spiro atoms. The van der Waals surface area contributed by atoms with Gasteiger partial charge in [0.25, 0.3) is 0 Å². The molecular formula is C15H21NO2S. The van der Waals surface area contributed by atoms with E-state index in [0.717, 1.165) is 31.5 Å². The minimum absolute atomic E-state index is 0.497. The molecule has 0 saturated carbocycles. The van der Waals surface area contributed by atoms with Crippen molar-refractivity contribution in [2.24, 2.45) is 5.92 Å². The molecule has 1 aliphatic heterocycles. The van der Waals surface area contributed by atoms with Crippen molar-refractivity contribution in [2.45, 2.75) is 30.7 Å². The first-order valence-electron chi connectivity index (χ1n) is 6.72. The summed E-state index contributed by atoms with van der Waals surface area (Å²) in [6.45, 7) is 3.99. The van der Waals surface area contributed by atoms with Crippen LogP contribution in [0, 0.1) is 5.92 Å². The molecule has 0 amide bonds. The molecule has 1 aromatic rings. The number of thioether (sulfide) groups is 1. The number of nitrogens with zero attached hydrogens (tertiary/aromatic N) is 1. The van der Waals surface area contributed by atoms with Crippen molar-refractivity contribution in [3.05, 3.63) is 29.8 Å². The third kappa shape index (κ3) is 3.51. The smallest absolute Gasteiger partial charge is 0.325 e. The summed E-state index contributed by atoms with van der Waals surface area (Å²) in [4.78, 5) is 14.8. The first-order valence-corrected chi connectivity index (χ1v) is 7.95. The van der Waals surface area contributed by atoms with Crippen LogP contribution in [-0.2, 0) is 4.79 Å². The summed E-state index contributed by atoms with van der Waals surface area (Å²) in [6, 6.07) is 7.40. The van der Waals surface area contributed by atoms with Crippen molar-refractivity contribution in [3.63, 3.8) is 0 Å². The van der Waals surface area contributed by atoms with Crippen LogP contribution in [0.15, 0.2) is 29.2 Å². The van der Waals surface area contributed by atoms with E-state index in [0.29, 0.717) is 5.92 Å². The van der Waals surface area contributed by atoms with Crippen LogP contribution in [0.3, 0.4) is 0 Å². The van der Waals surface area contributed by atoms with Gasteiger partial charge in [-0.15, -0.1) is 11.8 Å². The van der Waals surface area contributed by atoms with Crippen molar-refractivity contribution in [2.75, 3.05) is 19.3 Å². The molecule has 1 aromatic carbocycles. The maximum atomic E-state index is 11.6. The Kier molecular flexibility index (Phi) is 4.88. The van der Waals surface area contributed by atoms with Crippen LogP contribution in [0.5, 0.6) is 0 Å². The highest BCUT2D eigenvalue weighted by atomic mass is 32.2. The molecular weight excluding hydrogens is 258 g/mol. The van der Waals surface area contributed by atoms with Gasteiger partial charge in [-0.05, 0) is 55.8 Å². The van der Waals surface area contributed by atoms with E-state index in [4.69, 9.17) is 0 Å². The van der Waals surface area contributed by atoms with Gasteiger partial charge in [-0.2, -0.15) is 0 Å². The highest BCUT2D eigenvalue weighted by molar-refractivity contribution is 7.98. The van der Waals surface area contributed by atoms with Crippen LogP contribution in [0.25, 0.3) is 0 Å². The second-order valence-electron chi connectivity index (χ2n) is 5.23. The van der Waals surface area contributed by atoms with Gasteiger partial charge >= 0.3 is 5.97 Å². The molecule has 0 aliphatic carbocycles. The molecule has 1 N–H and O–H groups in total. The molecule has 1 heterocycles. The minimum Gasteiger partial charge on any atom is -0.480 e. The zero-order valence-corrected chi connectivity index (χ0v) is 12.3. The van der Waals surface area contributed by atoms with Gasteiger partial charge in [-0.25, -0.2) is 0 Å². The van der Waals surface area contributed by atoms with E-state index in [2.05, 4.69) is 11.8 Å². The molecule has 0 radical (unpaired) electrons. The van der Waals surface area contributed by atoms with E-state index in [-0.39, 0.29) is 0 Å². The molecule has 1 saturated heterocycles. The lowest BCUT2D eigenvalue weighted by molar-refractivity contribution is -0.144. The fraction of sp³-hybridized carbons (Fsp3) is 0.533. The number of rotatable bonds is 4. The molecule has 1 atom stereocenters. The van der Waals surface area contributed by atoms with Crippen LogP contribution in [0.2, 0.25) is 0 Å². The summed E-state index contributed by atoms with van der Waals surface area (Å²) in [5.74, 6) is -0.0315. The summed E-state index contributed by atoms with van der Waals surface area (Å²) in [5.41, 5.74) is 0.889. The van der Waals surface area contributed by atoms with Crippen LogP contribution < -0.4 is 0 Å². The summed E-state index contributed by atoms with van der Waals surface area (Å²) in [6.07, 6.45) is 4.20. The van der Waals surface area contributed by atoms with Crippen molar-refractivity contribution in [3.8, 4) is 0 Å². The Morgan fingerprint density at radius 2 is 1.89 bits per heavy atom. The van der Waals surface area contributed by atoms with Gasteiger partial charge in [-0.3, -0.25) is 9.69 Å². The van der Waals surface area contributed by atoms with Crippen molar-refractivity contribution < 1.29 is 9.90 Å². The number of likely N-dealkylation sites (tertiary alicyclic amines) is 1. The molecule has 19 heavy (non-hydrogen) atoms. The van der Waals surface area contributed by atoms with Gasteiger partial charge in [0.05, 0.1) is 0 Å². The first kappa shape index (κ1) is 14.4. The van der Waals surface area contributed by atoms with Crippen LogP contribution >= 0.6 is 11.8 Å². The Bertz CT molecular complexity index is 424. The zero-order valence-electron chi connectivity index (χ0n) is 11.5. The van der Waals surface area contributed by atoms with Gasteiger partial charge < -0.3 is 5.11 Å². The Balaban J connectivity index is 2.17. The number of hydrogen-bond donors (Lipinski definition) is 1. The number of carbonyl (C=O) groups is 1. The predicted octanol–water partition coefficient (Wildman–Crippen LogP) is 3.27. The quantitative estimate of drug-likeness (QED) is 0.859. The molecule has 1 fully saturated rings. The number of benzene rings is 1. The van der Waals surface area contributed by atoms with Crippen LogP contribution in [-0.4, -0.2) is 35.3 Å². The summed E-state index contributed by atoms with van der Waals surface area (Å²) in [5, 5.41) is 9.52. The second-order valence-corrected chi connectivity index (χ2v) is 6.11. The maximum Gasteiger partial charge on any atom is 0.325 e. The van der Waals surface area contributed by atoms with E-state index < -0.39 is 12.0 Å². The second kappa shape index (κ2) is 6.44. The minimum atomic E-state index is -0.744. The monoisotopic (exact) mass is 279 g/mol.